The van der Waals surface area contributed by atoms with E-state index >= 15 is 0 Å². The summed E-state index contributed by atoms with van der Waals surface area (Å²) in [4.78, 5) is 3.09. The number of aromatic amines is 1. The van der Waals surface area contributed by atoms with E-state index in [9.17, 15) is 0 Å². The van der Waals surface area contributed by atoms with Gasteiger partial charge in [0.1, 0.15) is 0 Å². The maximum Gasteiger partial charge on any atom is 0.0223 e. The Morgan fingerprint density at radius 2 is 2.29 bits per heavy atom. The van der Waals surface area contributed by atoms with Crippen LogP contribution in [0, 0.1) is 11.8 Å². The van der Waals surface area contributed by atoms with Gasteiger partial charge in [-0.05, 0) is 36.3 Å². The van der Waals surface area contributed by atoms with Gasteiger partial charge >= 0.3 is 0 Å². The van der Waals surface area contributed by atoms with Crippen LogP contribution < -0.4 is 5.32 Å². The van der Waals surface area contributed by atoms with E-state index in [0.29, 0.717) is 0 Å². The maximum absolute atomic E-state index is 3.64. The van der Waals surface area contributed by atoms with Gasteiger partial charge in [0.05, 0.1) is 0 Å². The molecule has 0 amide bonds. The molecule has 2 nitrogen and oxygen atoms in total. The Morgan fingerprint density at radius 1 is 1.43 bits per heavy atom. The number of hydrogen-bond donors (Lipinski definition) is 2. The van der Waals surface area contributed by atoms with Gasteiger partial charge in [-0.3, -0.25) is 0 Å². The maximum atomic E-state index is 3.64. The van der Waals surface area contributed by atoms with E-state index < -0.39 is 0 Å². The lowest BCUT2D eigenvalue weighted by Crippen LogP contribution is -2.31. The number of rotatable bonds is 3. The first-order chi connectivity index (χ1) is 6.77. The highest BCUT2D eigenvalue weighted by Gasteiger charge is 2.28. The third-order valence-corrected chi connectivity index (χ3v) is 3.70. The highest BCUT2D eigenvalue weighted by Crippen LogP contribution is 2.31. The topological polar surface area (TPSA) is 27.8 Å². The van der Waals surface area contributed by atoms with Crippen LogP contribution >= 0.6 is 0 Å². The van der Waals surface area contributed by atoms with Crippen molar-refractivity contribution in [3.05, 3.63) is 24.0 Å². The standard InChI is InChI=1S/C12H20N2/c1-9-3-4-12(10(9)2)14-8-11-5-6-13-7-11/h5-7,9-10,12-14H,3-4,8H2,1-2H3. The van der Waals surface area contributed by atoms with Crippen molar-refractivity contribution in [3.8, 4) is 0 Å². The number of nitrogens with one attached hydrogen (secondary N) is 2. The van der Waals surface area contributed by atoms with Gasteiger partial charge in [0.15, 0.2) is 0 Å². The Bertz CT molecular complexity index is 266. The molecule has 1 aliphatic rings. The van der Waals surface area contributed by atoms with Crippen molar-refractivity contribution in [3.63, 3.8) is 0 Å². The molecule has 3 atom stereocenters. The molecule has 1 saturated carbocycles. The first kappa shape index (κ1) is 9.78. The molecule has 0 saturated heterocycles. The Balaban J connectivity index is 1.81. The lowest BCUT2D eigenvalue weighted by molar-refractivity contribution is 0.370. The molecule has 0 spiro atoms. The third kappa shape index (κ3) is 2.01. The molecular weight excluding hydrogens is 172 g/mol. The third-order valence-electron chi connectivity index (χ3n) is 3.70. The van der Waals surface area contributed by atoms with Gasteiger partial charge < -0.3 is 10.3 Å². The van der Waals surface area contributed by atoms with Gasteiger partial charge in [-0.2, -0.15) is 0 Å². The predicted molar refractivity (Wildman–Crippen MR) is 59.0 cm³/mol. The zero-order valence-electron chi connectivity index (χ0n) is 9.09. The monoisotopic (exact) mass is 192 g/mol. The summed E-state index contributed by atoms with van der Waals surface area (Å²) in [7, 11) is 0. The zero-order chi connectivity index (χ0) is 9.97. The highest BCUT2D eigenvalue weighted by atomic mass is 14.9. The SMILES string of the molecule is CC1CCC(NCc2cc[nH]c2)C1C. The van der Waals surface area contributed by atoms with Crippen molar-refractivity contribution in [2.24, 2.45) is 11.8 Å². The predicted octanol–water partition coefficient (Wildman–Crippen LogP) is 2.54. The molecule has 1 aromatic rings. The minimum Gasteiger partial charge on any atom is -0.367 e. The van der Waals surface area contributed by atoms with Gasteiger partial charge in [0.25, 0.3) is 0 Å². The molecule has 0 aromatic carbocycles. The Morgan fingerprint density at radius 3 is 2.86 bits per heavy atom. The van der Waals surface area contributed by atoms with E-state index in [1.807, 2.05) is 6.20 Å². The fraction of sp³-hybridized carbons (Fsp3) is 0.667. The summed E-state index contributed by atoms with van der Waals surface area (Å²) in [5, 5.41) is 3.64. The molecule has 78 valence electrons. The average molecular weight is 192 g/mol. The van der Waals surface area contributed by atoms with Crippen LogP contribution in [0.3, 0.4) is 0 Å². The number of H-pyrrole nitrogens is 1. The van der Waals surface area contributed by atoms with Crippen LogP contribution in [0.4, 0.5) is 0 Å². The fourth-order valence-electron chi connectivity index (χ4n) is 2.37. The second kappa shape index (κ2) is 4.18. The lowest BCUT2D eigenvalue weighted by Gasteiger charge is -2.19. The summed E-state index contributed by atoms with van der Waals surface area (Å²) in [5.41, 5.74) is 1.36. The molecule has 1 heterocycles. The Kier molecular flexibility index (Phi) is 2.92. The van der Waals surface area contributed by atoms with E-state index in [2.05, 4.69) is 36.4 Å². The summed E-state index contributed by atoms with van der Waals surface area (Å²) >= 11 is 0. The fourth-order valence-corrected chi connectivity index (χ4v) is 2.37. The average Bonchev–Trinajstić information content (AvgIpc) is 2.77. The summed E-state index contributed by atoms with van der Waals surface area (Å²) < 4.78 is 0. The van der Waals surface area contributed by atoms with Crippen molar-refractivity contribution in [1.29, 1.82) is 0 Å². The van der Waals surface area contributed by atoms with E-state index in [-0.39, 0.29) is 0 Å². The van der Waals surface area contributed by atoms with Crippen molar-refractivity contribution in [2.75, 3.05) is 0 Å². The molecule has 2 rings (SSSR count). The molecule has 0 aliphatic heterocycles. The molecule has 2 heteroatoms. The van der Waals surface area contributed by atoms with E-state index in [0.717, 1.165) is 24.4 Å². The summed E-state index contributed by atoms with van der Waals surface area (Å²) in [5.74, 6) is 1.72. The first-order valence-corrected chi connectivity index (χ1v) is 5.62. The molecule has 1 aliphatic carbocycles. The van der Waals surface area contributed by atoms with Crippen LogP contribution in [0.15, 0.2) is 18.5 Å². The molecule has 3 unspecified atom stereocenters. The summed E-state index contributed by atoms with van der Waals surface area (Å²) in [6, 6.07) is 2.86. The molecular formula is C12H20N2. The minimum absolute atomic E-state index is 0.722. The van der Waals surface area contributed by atoms with Crippen LogP contribution in [0.5, 0.6) is 0 Å². The van der Waals surface area contributed by atoms with Crippen LogP contribution in [0.25, 0.3) is 0 Å². The van der Waals surface area contributed by atoms with Crippen LogP contribution in [0.2, 0.25) is 0 Å². The van der Waals surface area contributed by atoms with Gasteiger partial charge in [-0.1, -0.05) is 13.8 Å². The lowest BCUT2D eigenvalue weighted by atomic mass is 9.98. The second-order valence-corrected chi connectivity index (χ2v) is 4.62. The smallest absolute Gasteiger partial charge is 0.0223 e. The molecule has 2 N–H and O–H groups in total. The zero-order valence-corrected chi connectivity index (χ0v) is 9.09. The normalized spacial score (nSPS) is 32.3. The summed E-state index contributed by atoms with van der Waals surface area (Å²) in [6.45, 7) is 5.74. The first-order valence-electron chi connectivity index (χ1n) is 5.62. The minimum atomic E-state index is 0.722. The molecule has 1 aromatic heterocycles. The summed E-state index contributed by atoms with van der Waals surface area (Å²) in [6.07, 6.45) is 6.77. The van der Waals surface area contributed by atoms with E-state index in [1.165, 1.54) is 18.4 Å². The second-order valence-electron chi connectivity index (χ2n) is 4.62. The molecule has 14 heavy (non-hydrogen) atoms. The van der Waals surface area contributed by atoms with E-state index in [4.69, 9.17) is 0 Å². The van der Waals surface area contributed by atoms with E-state index in [1.54, 1.807) is 0 Å². The Labute approximate surface area is 86.1 Å². The van der Waals surface area contributed by atoms with Crippen LogP contribution in [-0.2, 0) is 6.54 Å². The number of aromatic nitrogens is 1. The van der Waals surface area contributed by atoms with Crippen molar-refractivity contribution >= 4 is 0 Å². The molecule has 0 bridgehead atoms. The quantitative estimate of drug-likeness (QED) is 0.756. The van der Waals surface area contributed by atoms with Crippen LogP contribution in [0.1, 0.15) is 32.3 Å². The van der Waals surface area contributed by atoms with Gasteiger partial charge in [-0.15, -0.1) is 0 Å². The highest BCUT2D eigenvalue weighted by molar-refractivity contribution is 5.08. The Hall–Kier alpha value is -0.760. The van der Waals surface area contributed by atoms with Crippen molar-refractivity contribution in [2.45, 2.75) is 39.3 Å². The molecule has 1 fully saturated rings. The van der Waals surface area contributed by atoms with Crippen molar-refractivity contribution < 1.29 is 0 Å². The van der Waals surface area contributed by atoms with Gasteiger partial charge in [0.2, 0.25) is 0 Å². The van der Waals surface area contributed by atoms with Crippen LogP contribution in [-0.4, -0.2) is 11.0 Å². The van der Waals surface area contributed by atoms with Gasteiger partial charge in [0, 0.05) is 25.0 Å². The number of hydrogen-bond acceptors (Lipinski definition) is 1. The largest absolute Gasteiger partial charge is 0.367 e. The molecule has 0 radical (unpaired) electrons. The van der Waals surface area contributed by atoms with Gasteiger partial charge in [-0.25, -0.2) is 0 Å². The van der Waals surface area contributed by atoms with Crippen molar-refractivity contribution in [1.82, 2.24) is 10.3 Å².